The van der Waals surface area contributed by atoms with Gasteiger partial charge in [-0.2, -0.15) is 5.10 Å². The third-order valence-corrected chi connectivity index (χ3v) is 3.28. The normalized spacial score (nSPS) is 19.8. The second-order valence-electron chi connectivity index (χ2n) is 4.96. The van der Waals surface area contributed by atoms with E-state index in [0.717, 1.165) is 38.2 Å². The number of carbonyl (C=O) groups excluding carboxylic acids is 1. The van der Waals surface area contributed by atoms with Gasteiger partial charge in [0.1, 0.15) is 12.2 Å². The smallest absolute Gasteiger partial charge is 0.317 e. The first-order chi connectivity index (χ1) is 8.75. The van der Waals surface area contributed by atoms with Crippen LogP contribution in [0.1, 0.15) is 32.0 Å². The number of H-pyrrole nitrogens is 1. The number of urea groups is 1. The summed E-state index contributed by atoms with van der Waals surface area (Å²) in [5.41, 5.74) is 0. The fourth-order valence-corrected chi connectivity index (χ4v) is 2.29. The van der Waals surface area contributed by atoms with E-state index in [9.17, 15) is 4.79 Å². The lowest BCUT2D eigenvalue weighted by atomic mass is 10.0. The molecule has 6 heteroatoms. The van der Waals surface area contributed by atoms with Gasteiger partial charge < -0.3 is 10.2 Å². The molecule has 0 spiro atoms. The first-order valence-electron chi connectivity index (χ1n) is 6.62. The number of nitrogens with zero attached hydrogens (tertiary/aromatic N) is 3. The number of likely N-dealkylation sites (tertiary alicyclic amines) is 1. The quantitative estimate of drug-likeness (QED) is 0.789. The fourth-order valence-electron chi connectivity index (χ4n) is 2.29. The zero-order chi connectivity index (χ0) is 12.8. The molecule has 2 heterocycles. The molecular formula is C12H21N5O. The van der Waals surface area contributed by atoms with Crippen LogP contribution in [-0.2, 0) is 6.42 Å². The molecule has 1 aliphatic rings. The molecule has 1 unspecified atom stereocenters. The number of rotatable bonds is 4. The minimum atomic E-state index is 0.0686. The highest BCUT2D eigenvalue weighted by molar-refractivity contribution is 5.74. The van der Waals surface area contributed by atoms with Gasteiger partial charge in [0.05, 0.1) is 0 Å². The zero-order valence-corrected chi connectivity index (χ0v) is 10.9. The van der Waals surface area contributed by atoms with Crippen LogP contribution < -0.4 is 5.32 Å². The Morgan fingerprint density at radius 3 is 3.28 bits per heavy atom. The highest BCUT2D eigenvalue weighted by Crippen LogP contribution is 2.15. The number of carbonyl (C=O) groups is 1. The summed E-state index contributed by atoms with van der Waals surface area (Å²) >= 11 is 0. The Balaban J connectivity index is 1.62. The number of piperidine rings is 1. The van der Waals surface area contributed by atoms with Crippen molar-refractivity contribution in [2.75, 3.05) is 19.6 Å². The van der Waals surface area contributed by atoms with Gasteiger partial charge in [0, 0.05) is 26.1 Å². The first-order valence-corrected chi connectivity index (χ1v) is 6.62. The third-order valence-electron chi connectivity index (χ3n) is 3.28. The van der Waals surface area contributed by atoms with Gasteiger partial charge in [-0.3, -0.25) is 5.10 Å². The summed E-state index contributed by atoms with van der Waals surface area (Å²) in [6.45, 7) is 4.65. The molecule has 100 valence electrons. The number of aromatic amines is 1. The van der Waals surface area contributed by atoms with Crippen molar-refractivity contribution in [2.24, 2.45) is 5.92 Å². The van der Waals surface area contributed by atoms with Gasteiger partial charge in [0.2, 0.25) is 0 Å². The summed E-state index contributed by atoms with van der Waals surface area (Å²) in [6, 6.07) is 0.0686. The molecule has 0 saturated carbocycles. The van der Waals surface area contributed by atoms with E-state index < -0.39 is 0 Å². The van der Waals surface area contributed by atoms with Crippen molar-refractivity contribution in [2.45, 2.75) is 32.6 Å². The van der Waals surface area contributed by atoms with E-state index in [2.05, 4.69) is 27.4 Å². The van der Waals surface area contributed by atoms with Crippen LogP contribution in [0.5, 0.6) is 0 Å². The molecule has 18 heavy (non-hydrogen) atoms. The summed E-state index contributed by atoms with van der Waals surface area (Å²) in [4.78, 5) is 17.8. The lowest BCUT2D eigenvalue weighted by Crippen LogP contribution is -2.45. The zero-order valence-electron chi connectivity index (χ0n) is 10.9. The van der Waals surface area contributed by atoms with E-state index in [1.807, 2.05) is 4.90 Å². The molecule has 2 rings (SSSR count). The summed E-state index contributed by atoms with van der Waals surface area (Å²) in [6.07, 6.45) is 5.55. The summed E-state index contributed by atoms with van der Waals surface area (Å²) in [5, 5.41) is 9.56. The maximum atomic E-state index is 11.9. The minimum absolute atomic E-state index is 0.0686. The monoisotopic (exact) mass is 251 g/mol. The summed E-state index contributed by atoms with van der Waals surface area (Å²) in [5.74, 6) is 1.49. The van der Waals surface area contributed by atoms with Gasteiger partial charge in [-0.25, -0.2) is 9.78 Å². The van der Waals surface area contributed by atoms with Crippen molar-refractivity contribution in [1.82, 2.24) is 25.4 Å². The lowest BCUT2D eigenvalue weighted by molar-refractivity contribution is 0.170. The van der Waals surface area contributed by atoms with Crippen LogP contribution >= 0.6 is 0 Å². The lowest BCUT2D eigenvalue weighted by Gasteiger charge is -2.30. The standard InChI is InChI=1S/C12H21N5O/c1-10-4-3-7-17(8-10)12(18)13-6-2-5-11-14-9-15-16-11/h9-10H,2-8H2,1H3,(H,13,18)(H,14,15,16). The van der Waals surface area contributed by atoms with E-state index in [0.29, 0.717) is 12.5 Å². The van der Waals surface area contributed by atoms with Gasteiger partial charge >= 0.3 is 6.03 Å². The van der Waals surface area contributed by atoms with Crippen LogP contribution in [0.4, 0.5) is 4.79 Å². The van der Waals surface area contributed by atoms with Crippen LogP contribution in [-0.4, -0.2) is 45.7 Å². The fraction of sp³-hybridized carbons (Fsp3) is 0.750. The Morgan fingerprint density at radius 2 is 2.56 bits per heavy atom. The summed E-state index contributed by atoms with van der Waals surface area (Å²) in [7, 11) is 0. The second kappa shape index (κ2) is 6.37. The van der Waals surface area contributed by atoms with Gasteiger partial charge in [0.15, 0.2) is 0 Å². The molecule has 0 bridgehead atoms. The van der Waals surface area contributed by atoms with Crippen LogP contribution in [0.15, 0.2) is 6.33 Å². The Labute approximate surface area is 107 Å². The number of nitrogens with one attached hydrogen (secondary N) is 2. The maximum Gasteiger partial charge on any atom is 0.317 e. The third kappa shape index (κ3) is 3.72. The molecule has 6 nitrogen and oxygen atoms in total. The largest absolute Gasteiger partial charge is 0.338 e. The predicted octanol–water partition coefficient (Wildman–Crippen LogP) is 1.18. The Hall–Kier alpha value is -1.59. The molecule has 1 fully saturated rings. The SMILES string of the molecule is CC1CCCN(C(=O)NCCCc2ncn[nH]2)C1. The van der Waals surface area contributed by atoms with Gasteiger partial charge in [-0.05, 0) is 25.2 Å². The number of hydrogen-bond donors (Lipinski definition) is 2. The Kier molecular flexibility index (Phi) is 4.55. The van der Waals surface area contributed by atoms with Crippen molar-refractivity contribution in [1.29, 1.82) is 0 Å². The molecule has 1 aromatic heterocycles. The minimum Gasteiger partial charge on any atom is -0.338 e. The summed E-state index contributed by atoms with van der Waals surface area (Å²) < 4.78 is 0. The second-order valence-corrected chi connectivity index (χ2v) is 4.96. The van der Waals surface area contributed by atoms with Gasteiger partial charge in [0.25, 0.3) is 0 Å². The van der Waals surface area contributed by atoms with Crippen LogP contribution in [0.2, 0.25) is 0 Å². The Bertz CT molecular complexity index is 365. The van der Waals surface area contributed by atoms with Gasteiger partial charge in [-0.15, -0.1) is 0 Å². The van der Waals surface area contributed by atoms with E-state index >= 15 is 0 Å². The van der Waals surface area contributed by atoms with E-state index in [4.69, 9.17) is 0 Å². The topological polar surface area (TPSA) is 73.9 Å². The highest BCUT2D eigenvalue weighted by Gasteiger charge is 2.20. The van der Waals surface area contributed by atoms with Crippen molar-refractivity contribution < 1.29 is 4.79 Å². The molecule has 2 N–H and O–H groups in total. The number of amides is 2. The predicted molar refractivity (Wildman–Crippen MR) is 68.1 cm³/mol. The average molecular weight is 251 g/mol. The Morgan fingerprint density at radius 1 is 1.67 bits per heavy atom. The number of aromatic nitrogens is 3. The molecule has 1 saturated heterocycles. The molecule has 0 aliphatic carbocycles. The van der Waals surface area contributed by atoms with Crippen LogP contribution in [0, 0.1) is 5.92 Å². The van der Waals surface area contributed by atoms with Crippen molar-refractivity contribution in [3.8, 4) is 0 Å². The van der Waals surface area contributed by atoms with E-state index in [1.165, 1.54) is 12.7 Å². The highest BCUT2D eigenvalue weighted by atomic mass is 16.2. The molecule has 1 aliphatic heterocycles. The number of hydrogen-bond acceptors (Lipinski definition) is 3. The van der Waals surface area contributed by atoms with Crippen molar-refractivity contribution in [3.63, 3.8) is 0 Å². The van der Waals surface area contributed by atoms with Gasteiger partial charge in [-0.1, -0.05) is 6.92 Å². The van der Waals surface area contributed by atoms with Crippen LogP contribution in [0.3, 0.4) is 0 Å². The number of aryl methyl sites for hydroxylation is 1. The van der Waals surface area contributed by atoms with E-state index in [-0.39, 0.29) is 6.03 Å². The molecule has 1 aromatic rings. The van der Waals surface area contributed by atoms with E-state index in [1.54, 1.807) is 0 Å². The molecular weight excluding hydrogens is 230 g/mol. The average Bonchev–Trinajstić information content (AvgIpc) is 2.87. The molecule has 0 aromatic carbocycles. The molecule has 0 radical (unpaired) electrons. The first kappa shape index (κ1) is 12.9. The molecule has 1 atom stereocenters. The maximum absolute atomic E-state index is 11.9. The molecule has 2 amide bonds. The van der Waals surface area contributed by atoms with Crippen molar-refractivity contribution in [3.05, 3.63) is 12.2 Å². The van der Waals surface area contributed by atoms with Crippen LogP contribution in [0.25, 0.3) is 0 Å². The van der Waals surface area contributed by atoms with Crippen molar-refractivity contribution >= 4 is 6.03 Å².